The molecule has 0 fully saturated rings. The van der Waals surface area contributed by atoms with Crippen molar-refractivity contribution in [2.24, 2.45) is 5.73 Å². The van der Waals surface area contributed by atoms with Gasteiger partial charge in [-0.15, -0.1) is 0 Å². The number of rotatable bonds is 11. The largest absolute Gasteiger partial charge is 0.497 e. The Hall–Kier alpha value is -4.33. The second-order valence-corrected chi connectivity index (χ2v) is 8.04. The molecular formula is C27H30N4O4. The third-order valence-electron chi connectivity index (χ3n) is 5.49. The van der Waals surface area contributed by atoms with Gasteiger partial charge in [0.15, 0.2) is 0 Å². The molecule has 0 heterocycles. The average molecular weight is 475 g/mol. The molecule has 3 rings (SSSR count). The monoisotopic (exact) mass is 474 g/mol. The summed E-state index contributed by atoms with van der Waals surface area (Å²) in [5, 5.41) is 5.81. The topological polar surface area (TPSA) is 114 Å². The fourth-order valence-corrected chi connectivity index (χ4v) is 3.59. The SMILES string of the molecule is COc1ccc(N(CCC(N)=O)CC(=O)Nc2ccccc2C(=O)NC(C)c2ccccc2)cc1. The fraction of sp³-hybridized carbons (Fsp3) is 0.222. The maximum absolute atomic E-state index is 13.0. The maximum atomic E-state index is 13.0. The number of methoxy groups -OCH3 is 1. The van der Waals surface area contributed by atoms with Crippen LogP contribution in [-0.4, -0.2) is 37.9 Å². The standard InChI is InChI=1S/C27H30N4O4/c1-19(20-8-4-3-5-9-20)29-27(34)23-10-6-7-11-24(23)30-26(33)18-31(17-16-25(28)32)21-12-14-22(35-2)15-13-21/h3-15,19H,16-18H2,1-2H3,(H2,28,32)(H,29,34)(H,30,33). The number of benzene rings is 3. The molecule has 0 saturated carbocycles. The van der Waals surface area contributed by atoms with E-state index in [0.29, 0.717) is 17.0 Å². The summed E-state index contributed by atoms with van der Waals surface area (Å²) in [4.78, 5) is 39.0. The molecule has 1 unspecified atom stereocenters. The van der Waals surface area contributed by atoms with E-state index in [2.05, 4.69) is 10.6 Å². The summed E-state index contributed by atoms with van der Waals surface area (Å²) >= 11 is 0. The molecule has 3 aromatic rings. The Balaban J connectivity index is 1.71. The molecule has 0 bridgehead atoms. The maximum Gasteiger partial charge on any atom is 0.253 e. The van der Waals surface area contributed by atoms with Crippen molar-refractivity contribution in [1.29, 1.82) is 0 Å². The van der Waals surface area contributed by atoms with E-state index in [-0.39, 0.29) is 37.4 Å². The van der Waals surface area contributed by atoms with Crippen molar-refractivity contribution in [2.75, 3.05) is 30.4 Å². The van der Waals surface area contributed by atoms with Gasteiger partial charge in [0.2, 0.25) is 11.8 Å². The van der Waals surface area contributed by atoms with E-state index in [1.807, 2.05) is 37.3 Å². The van der Waals surface area contributed by atoms with Crippen LogP contribution in [0.15, 0.2) is 78.9 Å². The van der Waals surface area contributed by atoms with Crippen LogP contribution in [-0.2, 0) is 9.59 Å². The molecule has 0 saturated heterocycles. The van der Waals surface area contributed by atoms with Crippen molar-refractivity contribution in [2.45, 2.75) is 19.4 Å². The van der Waals surface area contributed by atoms with Gasteiger partial charge < -0.3 is 26.0 Å². The van der Waals surface area contributed by atoms with Gasteiger partial charge in [-0.05, 0) is 48.9 Å². The predicted octanol–water partition coefficient (Wildman–Crippen LogP) is 3.51. The average Bonchev–Trinajstić information content (AvgIpc) is 2.87. The molecule has 4 N–H and O–H groups in total. The van der Waals surface area contributed by atoms with Crippen molar-refractivity contribution in [3.05, 3.63) is 90.0 Å². The Bertz CT molecular complexity index is 1150. The third-order valence-corrected chi connectivity index (χ3v) is 5.49. The smallest absolute Gasteiger partial charge is 0.253 e. The van der Waals surface area contributed by atoms with Crippen LogP contribution >= 0.6 is 0 Å². The van der Waals surface area contributed by atoms with Crippen LogP contribution in [0.1, 0.15) is 35.3 Å². The van der Waals surface area contributed by atoms with Crippen LogP contribution in [0.5, 0.6) is 5.75 Å². The molecular weight excluding hydrogens is 444 g/mol. The van der Waals surface area contributed by atoms with E-state index in [4.69, 9.17) is 10.5 Å². The Labute approximate surface area is 205 Å². The first-order valence-electron chi connectivity index (χ1n) is 11.3. The first-order chi connectivity index (χ1) is 16.9. The number of hydrogen-bond acceptors (Lipinski definition) is 5. The molecule has 3 aromatic carbocycles. The van der Waals surface area contributed by atoms with Crippen LogP contribution in [0.4, 0.5) is 11.4 Å². The summed E-state index contributed by atoms with van der Waals surface area (Å²) in [6, 6.07) is 23.4. The van der Waals surface area contributed by atoms with Gasteiger partial charge in [0.1, 0.15) is 5.75 Å². The van der Waals surface area contributed by atoms with Crippen LogP contribution in [0.25, 0.3) is 0 Å². The lowest BCUT2D eigenvalue weighted by atomic mass is 10.1. The summed E-state index contributed by atoms with van der Waals surface area (Å²) in [5.74, 6) is -0.407. The highest BCUT2D eigenvalue weighted by atomic mass is 16.5. The van der Waals surface area contributed by atoms with Crippen LogP contribution in [0, 0.1) is 0 Å². The van der Waals surface area contributed by atoms with Gasteiger partial charge in [0, 0.05) is 18.7 Å². The molecule has 8 heteroatoms. The summed E-state index contributed by atoms with van der Waals surface area (Å²) in [7, 11) is 1.57. The van der Waals surface area contributed by atoms with Crippen LogP contribution < -0.4 is 26.0 Å². The Morgan fingerprint density at radius 2 is 1.60 bits per heavy atom. The summed E-state index contributed by atoms with van der Waals surface area (Å²) < 4.78 is 5.19. The molecule has 0 aliphatic rings. The molecule has 0 aromatic heterocycles. The van der Waals surface area contributed by atoms with E-state index in [9.17, 15) is 14.4 Å². The number of nitrogens with zero attached hydrogens (tertiary/aromatic N) is 1. The minimum absolute atomic E-state index is 0.0318. The lowest BCUT2D eigenvalue weighted by molar-refractivity contribution is -0.118. The van der Waals surface area contributed by atoms with Gasteiger partial charge >= 0.3 is 0 Å². The molecule has 0 spiro atoms. The molecule has 0 radical (unpaired) electrons. The van der Waals surface area contributed by atoms with Gasteiger partial charge in [-0.2, -0.15) is 0 Å². The van der Waals surface area contributed by atoms with E-state index < -0.39 is 5.91 Å². The number of para-hydroxylation sites is 1. The van der Waals surface area contributed by atoms with Gasteiger partial charge in [-0.3, -0.25) is 14.4 Å². The molecule has 35 heavy (non-hydrogen) atoms. The Morgan fingerprint density at radius 3 is 2.26 bits per heavy atom. The minimum Gasteiger partial charge on any atom is -0.497 e. The lowest BCUT2D eigenvalue weighted by Gasteiger charge is -2.24. The first kappa shape index (κ1) is 25.3. The first-order valence-corrected chi connectivity index (χ1v) is 11.3. The van der Waals surface area contributed by atoms with Crippen molar-refractivity contribution < 1.29 is 19.1 Å². The zero-order chi connectivity index (χ0) is 25.2. The molecule has 182 valence electrons. The molecule has 0 aliphatic heterocycles. The highest BCUT2D eigenvalue weighted by Crippen LogP contribution is 2.21. The van der Waals surface area contributed by atoms with E-state index >= 15 is 0 Å². The van der Waals surface area contributed by atoms with E-state index in [1.54, 1.807) is 60.5 Å². The third kappa shape index (κ3) is 7.33. The molecule has 8 nitrogen and oxygen atoms in total. The number of primary amides is 1. The van der Waals surface area contributed by atoms with Crippen LogP contribution in [0.3, 0.4) is 0 Å². The number of carbonyl (C=O) groups is 3. The number of hydrogen-bond donors (Lipinski definition) is 3. The molecule has 1 atom stereocenters. The number of ether oxygens (including phenoxy) is 1. The van der Waals surface area contributed by atoms with Crippen molar-refractivity contribution in [3.63, 3.8) is 0 Å². The molecule has 0 aliphatic carbocycles. The number of nitrogens with one attached hydrogen (secondary N) is 2. The minimum atomic E-state index is -0.460. The van der Waals surface area contributed by atoms with Gasteiger partial charge in [-0.25, -0.2) is 0 Å². The highest BCUT2D eigenvalue weighted by molar-refractivity contribution is 6.04. The van der Waals surface area contributed by atoms with Gasteiger partial charge in [0.05, 0.1) is 30.9 Å². The fourth-order valence-electron chi connectivity index (χ4n) is 3.59. The predicted molar refractivity (Wildman–Crippen MR) is 136 cm³/mol. The zero-order valence-electron chi connectivity index (χ0n) is 19.9. The lowest BCUT2D eigenvalue weighted by Crippen LogP contribution is -2.36. The Morgan fingerprint density at radius 1 is 0.943 bits per heavy atom. The number of nitrogens with two attached hydrogens (primary N) is 1. The Kier molecular flexibility index (Phi) is 8.83. The summed E-state index contributed by atoms with van der Waals surface area (Å²) in [6.45, 7) is 2.14. The van der Waals surface area contributed by atoms with E-state index in [1.165, 1.54) is 0 Å². The zero-order valence-corrected chi connectivity index (χ0v) is 19.9. The number of amides is 3. The van der Waals surface area contributed by atoms with Gasteiger partial charge in [-0.1, -0.05) is 42.5 Å². The summed E-state index contributed by atoms with van der Waals surface area (Å²) in [6.07, 6.45) is 0.0929. The second-order valence-electron chi connectivity index (χ2n) is 8.04. The summed E-state index contributed by atoms with van der Waals surface area (Å²) in [5.41, 5.74) is 7.80. The number of carbonyl (C=O) groups excluding carboxylic acids is 3. The highest BCUT2D eigenvalue weighted by Gasteiger charge is 2.18. The van der Waals surface area contributed by atoms with Crippen molar-refractivity contribution in [3.8, 4) is 5.75 Å². The van der Waals surface area contributed by atoms with Gasteiger partial charge in [0.25, 0.3) is 5.91 Å². The van der Waals surface area contributed by atoms with E-state index in [0.717, 1.165) is 11.3 Å². The van der Waals surface area contributed by atoms with Crippen LogP contribution in [0.2, 0.25) is 0 Å². The van der Waals surface area contributed by atoms with Crippen molar-refractivity contribution >= 4 is 29.1 Å². The number of anilines is 2. The second kappa shape index (κ2) is 12.2. The quantitative estimate of drug-likeness (QED) is 0.394. The normalized spacial score (nSPS) is 11.3. The van der Waals surface area contributed by atoms with Crippen molar-refractivity contribution in [1.82, 2.24) is 5.32 Å². The molecule has 3 amide bonds.